The van der Waals surface area contributed by atoms with E-state index in [1.807, 2.05) is 43.3 Å². The molecule has 0 saturated carbocycles. The first-order chi connectivity index (χ1) is 14.1. The summed E-state index contributed by atoms with van der Waals surface area (Å²) in [5.41, 5.74) is 2.25. The molecule has 1 aliphatic heterocycles. The van der Waals surface area contributed by atoms with Crippen LogP contribution in [0.3, 0.4) is 0 Å². The van der Waals surface area contributed by atoms with E-state index in [-0.39, 0.29) is 0 Å². The van der Waals surface area contributed by atoms with Crippen LogP contribution in [-0.2, 0) is 26.2 Å². The van der Waals surface area contributed by atoms with E-state index in [2.05, 4.69) is 4.90 Å². The van der Waals surface area contributed by atoms with Crippen molar-refractivity contribution in [2.75, 3.05) is 26.2 Å². The zero-order chi connectivity index (χ0) is 22.3. The van der Waals surface area contributed by atoms with Gasteiger partial charge in [-0.1, -0.05) is 41.4 Å². The minimum absolute atomic E-state index is 0.374. The molecule has 0 spiro atoms. The Hall–Kier alpha value is -2.46. The van der Waals surface area contributed by atoms with Gasteiger partial charge in [-0.2, -0.15) is 4.31 Å². The first kappa shape index (κ1) is 23.8. The largest absolute Gasteiger partial charge is 0.473 e. The summed E-state index contributed by atoms with van der Waals surface area (Å²) in [6.45, 7) is 5.26. The third-order valence-corrected chi connectivity index (χ3v) is 6.66. The second kappa shape index (κ2) is 10.5. The molecule has 0 aliphatic carbocycles. The van der Waals surface area contributed by atoms with Gasteiger partial charge in [0.05, 0.1) is 4.90 Å². The lowest BCUT2D eigenvalue weighted by Crippen LogP contribution is -2.48. The van der Waals surface area contributed by atoms with Gasteiger partial charge in [0.2, 0.25) is 10.0 Å². The van der Waals surface area contributed by atoms with Gasteiger partial charge in [-0.25, -0.2) is 18.0 Å². The minimum Gasteiger partial charge on any atom is -0.473 e. The quantitative estimate of drug-likeness (QED) is 0.681. The molecule has 3 rings (SSSR count). The number of carbonyl (C=O) groups is 2. The van der Waals surface area contributed by atoms with Gasteiger partial charge in [0.25, 0.3) is 0 Å². The highest BCUT2D eigenvalue weighted by Gasteiger charge is 2.28. The standard InChI is InChI=1S/C18H21ClN2O2S.C2H2O4/c1-15-2-8-18(9-3-15)24(22,23)21-12-10-20(11-13-21)14-16-4-6-17(19)7-5-16;3-1(4)2(5)6/h2-9H,10-14H2,1H3;(H,3,4)(H,5,6). The van der Waals surface area contributed by atoms with E-state index in [4.69, 9.17) is 31.4 Å². The number of hydrogen-bond donors (Lipinski definition) is 2. The molecule has 162 valence electrons. The van der Waals surface area contributed by atoms with Crippen molar-refractivity contribution in [3.05, 3.63) is 64.7 Å². The highest BCUT2D eigenvalue weighted by atomic mass is 35.5. The Morgan fingerprint density at radius 3 is 1.87 bits per heavy atom. The van der Waals surface area contributed by atoms with Crippen molar-refractivity contribution in [1.29, 1.82) is 0 Å². The molecule has 2 aromatic rings. The van der Waals surface area contributed by atoms with E-state index in [1.54, 1.807) is 16.4 Å². The monoisotopic (exact) mass is 454 g/mol. The molecule has 1 saturated heterocycles. The fraction of sp³-hybridized carbons (Fsp3) is 0.300. The third-order valence-electron chi connectivity index (χ3n) is 4.49. The van der Waals surface area contributed by atoms with Gasteiger partial charge in [0, 0.05) is 37.7 Å². The third kappa shape index (κ3) is 6.81. The van der Waals surface area contributed by atoms with Crippen molar-refractivity contribution in [3.63, 3.8) is 0 Å². The number of nitrogens with zero attached hydrogens (tertiary/aromatic N) is 2. The second-order valence-corrected chi connectivity index (χ2v) is 9.10. The fourth-order valence-electron chi connectivity index (χ4n) is 2.84. The summed E-state index contributed by atoms with van der Waals surface area (Å²) in [5.74, 6) is -3.65. The molecule has 10 heteroatoms. The summed E-state index contributed by atoms with van der Waals surface area (Å²) in [4.78, 5) is 20.8. The number of hydrogen-bond acceptors (Lipinski definition) is 5. The molecule has 1 fully saturated rings. The molecule has 0 amide bonds. The normalized spacial score (nSPS) is 15.1. The Kier molecular flexibility index (Phi) is 8.36. The highest BCUT2D eigenvalue weighted by Crippen LogP contribution is 2.19. The molecule has 1 heterocycles. The smallest absolute Gasteiger partial charge is 0.414 e. The van der Waals surface area contributed by atoms with E-state index in [0.29, 0.717) is 18.0 Å². The maximum absolute atomic E-state index is 12.7. The lowest BCUT2D eigenvalue weighted by atomic mass is 10.2. The molecule has 2 aromatic carbocycles. The van der Waals surface area contributed by atoms with Gasteiger partial charge in [0.1, 0.15) is 0 Å². The zero-order valence-corrected chi connectivity index (χ0v) is 17.9. The van der Waals surface area contributed by atoms with Crippen LogP contribution in [0.4, 0.5) is 0 Å². The first-order valence-electron chi connectivity index (χ1n) is 9.09. The van der Waals surface area contributed by atoms with Gasteiger partial charge >= 0.3 is 11.9 Å². The fourth-order valence-corrected chi connectivity index (χ4v) is 4.38. The predicted molar refractivity (Wildman–Crippen MR) is 112 cm³/mol. The molecular formula is C20H23ClN2O6S. The van der Waals surface area contributed by atoms with Crippen LogP contribution in [0.15, 0.2) is 53.4 Å². The molecule has 2 N–H and O–H groups in total. The lowest BCUT2D eigenvalue weighted by molar-refractivity contribution is -0.159. The summed E-state index contributed by atoms with van der Waals surface area (Å²) in [5, 5.41) is 15.5. The van der Waals surface area contributed by atoms with Gasteiger partial charge in [-0.3, -0.25) is 4.90 Å². The van der Waals surface area contributed by atoms with Crippen LogP contribution < -0.4 is 0 Å². The number of piperazine rings is 1. The molecule has 30 heavy (non-hydrogen) atoms. The van der Waals surface area contributed by atoms with Crippen LogP contribution >= 0.6 is 11.6 Å². The van der Waals surface area contributed by atoms with Crippen molar-refractivity contribution >= 4 is 33.6 Å². The number of halogens is 1. The number of carboxylic acid groups (broad SMARTS) is 2. The van der Waals surface area contributed by atoms with E-state index < -0.39 is 22.0 Å². The number of aryl methyl sites for hydroxylation is 1. The van der Waals surface area contributed by atoms with Crippen LogP contribution in [0.25, 0.3) is 0 Å². The van der Waals surface area contributed by atoms with Crippen LogP contribution in [0, 0.1) is 6.92 Å². The van der Waals surface area contributed by atoms with Crippen molar-refractivity contribution in [1.82, 2.24) is 9.21 Å². The van der Waals surface area contributed by atoms with Gasteiger partial charge in [0.15, 0.2) is 0 Å². The zero-order valence-electron chi connectivity index (χ0n) is 16.4. The van der Waals surface area contributed by atoms with Crippen molar-refractivity contribution in [3.8, 4) is 0 Å². The molecule has 1 aliphatic rings. The summed E-state index contributed by atoms with van der Waals surface area (Å²) < 4.78 is 27.0. The van der Waals surface area contributed by atoms with E-state index in [0.717, 1.165) is 30.2 Å². The maximum Gasteiger partial charge on any atom is 0.414 e. The van der Waals surface area contributed by atoms with E-state index >= 15 is 0 Å². The molecule has 0 bridgehead atoms. The summed E-state index contributed by atoms with van der Waals surface area (Å²) in [6.07, 6.45) is 0. The van der Waals surface area contributed by atoms with E-state index in [9.17, 15) is 8.42 Å². The number of sulfonamides is 1. The topological polar surface area (TPSA) is 115 Å². The van der Waals surface area contributed by atoms with Gasteiger partial charge < -0.3 is 10.2 Å². The van der Waals surface area contributed by atoms with E-state index in [1.165, 1.54) is 5.56 Å². The molecule has 0 unspecified atom stereocenters. The first-order valence-corrected chi connectivity index (χ1v) is 10.9. The average molecular weight is 455 g/mol. The SMILES string of the molecule is Cc1ccc(S(=O)(=O)N2CCN(Cc3ccc(Cl)cc3)CC2)cc1.O=C(O)C(=O)O. The predicted octanol–water partition coefficient (Wildman–Crippen LogP) is 2.31. The van der Waals surface area contributed by atoms with Crippen molar-refractivity contribution < 1.29 is 28.2 Å². The molecular weight excluding hydrogens is 432 g/mol. The summed E-state index contributed by atoms with van der Waals surface area (Å²) in [7, 11) is -3.39. The molecule has 0 radical (unpaired) electrons. The van der Waals surface area contributed by atoms with Gasteiger partial charge in [-0.05, 0) is 36.8 Å². The number of carboxylic acids is 2. The Balaban J connectivity index is 0.000000469. The van der Waals surface area contributed by atoms with Crippen LogP contribution in [0.5, 0.6) is 0 Å². The molecule has 8 nitrogen and oxygen atoms in total. The molecule has 0 aromatic heterocycles. The second-order valence-electron chi connectivity index (χ2n) is 6.73. The minimum atomic E-state index is -3.39. The lowest BCUT2D eigenvalue weighted by Gasteiger charge is -2.34. The Morgan fingerprint density at radius 2 is 1.40 bits per heavy atom. The average Bonchev–Trinajstić information content (AvgIpc) is 2.71. The summed E-state index contributed by atoms with van der Waals surface area (Å²) in [6, 6.07) is 14.8. The Bertz CT molecular complexity index is 957. The Morgan fingerprint density at radius 1 is 0.900 bits per heavy atom. The van der Waals surface area contributed by atoms with Crippen molar-refractivity contribution in [2.24, 2.45) is 0 Å². The number of benzene rings is 2. The van der Waals surface area contributed by atoms with Crippen LogP contribution in [0.2, 0.25) is 5.02 Å². The number of aliphatic carboxylic acids is 2. The summed E-state index contributed by atoms with van der Waals surface area (Å²) >= 11 is 5.90. The molecule has 0 atom stereocenters. The Labute approximate surface area is 180 Å². The van der Waals surface area contributed by atoms with Crippen LogP contribution in [-0.4, -0.2) is 66.0 Å². The maximum atomic E-state index is 12.7. The van der Waals surface area contributed by atoms with Gasteiger partial charge in [-0.15, -0.1) is 0 Å². The highest BCUT2D eigenvalue weighted by molar-refractivity contribution is 7.89. The van der Waals surface area contributed by atoms with Crippen LogP contribution in [0.1, 0.15) is 11.1 Å². The number of rotatable bonds is 4. The van der Waals surface area contributed by atoms with Crippen molar-refractivity contribution in [2.45, 2.75) is 18.4 Å².